The van der Waals surface area contributed by atoms with Gasteiger partial charge in [0.1, 0.15) is 18.0 Å². The number of carbonyl (C=O) groups excluding carboxylic acids is 3. The fourth-order valence-corrected chi connectivity index (χ4v) is 4.52. The Morgan fingerprint density at radius 2 is 1.80 bits per heavy atom. The Kier molecular flexibility index (Phi) is 7.32. The minimum Gasteiger partial charge on any atom is -0.493 e. The molecule has 0 unspecified atom stereocenters. The number of barbiturate groups is 1. The highest BCUT2D eigenvalue weighted by atomic mass is 79.9. The first-order valence-electron chi connectivity index (χ1n) is 10.2. The van der Waals surface area contributed by atoms with Crippen LogP contribution in [0.4, 0.5) is 14.9 Å². The number of imide groups is 2. The average Bonchev–Trinajstić information content (AvgIpc) is 2.81. The van der Waals surface area contributed by atoms with Crippen LogP contribution in [0.2, 0.25) is 0 Å². The fourth-order valence-electron chi connectivity index (χ4n) is 3.36. The number of urea groups is 1. The topological polar surface area (TPSA) is 84.9 Å². The van der Waals surface area contributed by atoms with Gasteiger partial charge in [-0.1, -0.05) is 50.1 Å². The molecule has 4 rings (SSSR count). The highest BCUT2D eigenvalue weighted by Gasteiger charge is 2.37. The van der Waals surface area contributed by atoms with Crippen molar-refractivity contribution in [2.24, 2.45) is 0 Å². The minimum absolute atomic E-state index is 0.00586. The Hall–Kier alpha value is -3.50. The van der Waals surface area contributed by atoms with Crippen molar-refractivity contribution in [2.45, 2.75) is 6.61 Å². The summed E-state index contributed by atoms with van der Waals surface area (Å²) in [5.41, 5.74) is 1.11. The Morgan fingerprint density at radius 1 is 1.00 bits per heavy atom. The minimum atomic E-state index is -0.955. The molecule has 1 aliphatic rings. The van der Waals surface area contributed by atoms with Gasteiger partial charge in [0.2, 0.25) is 0 Å². The molecule has 3 aromatic rings. The number of benzene rings is 3. The molecule has 7 nitrogen and oxygen atoms in total. The normalized spacial score (nSPS) is 14.8. The van der Waals surface area contributed by atoms with E-state index < -0.39 is 23.7 Å². The zero-order valence-electron chi connectivity index (χ0n) is 18.2. The second-order valence-corrected chi connectivity index (χ2v) is 9.14. The van der Waals surface area contributed by atoms with Crippen molar-refractivity contribution in [2.75, 3.05) is 12.0 Å². The van der Waals surface area contributed by atoms with Gasteiger partial charge in [-0.25, -0.2) is 14.1 Å². The van der Waals surface area contributed by atoms with E-state index in [0.717, 1.165) is 20.6 Å². The predicted octanol–water partition coefficient (Wildman–Crippen LogP) is 5.60. The van der Waals surface area contributed by atoms with E-state index in [0.29, 0.717) is 22.0 Å². The average molecular weight is 604 g/mol. The molecule has 0 radical (unpaired) electrons. The Morgan fingerprint density at radius 3 is 2.51 bits per heavy atom. The number of hydrogen-bond donors (Lipinski definition) is 1. The zero-order chi connectivity index (χ0) is 25.1. The Labute approximate surface area is 216 Å². The third-order valence-corrected chi connectivity index (χ3v) is 6.30. The van der Waals surface area contributed by atoms with Gasteiger partial charge in [0.15, 0.2) is 11.5 Å². The number of rotatable bonds is 6. The number of nitrogens with zero attached hydrogens (tertiary/aromatic N) is 1. The number of hydrogen-bond acceptors (Lipinski definition) is 5. The number of carbonyl (C=O) groups is 3. The van der Waals surface area contributed by atoms with E-state index in [1.165, 1.54) is 31.4 Å². The summed E-state index contributed by atoms with van der Waals surface area (Å²) in [5, 5.41) is 2.11. The number of halogens is 3. The lowest BCUT2D eigenvalue weighted by molar-refractivity contribution is -0.122. The van der Waals surface area contributed by atoms with Crippen LogP contribution in [0.3, 0.4) is 0 Å². The van der Waals surface area contributed by atoms with E-state index in [2.05, 4.69) is 37.2 Å². The van der Waals surface area contributed by atoms with Gasteiger partial charge in [-0.05, 0) is 54.1 Å². The van der Waals surface area contributed by atoms with E-state index in [1.54, 1.807) is 18.2 Å². The van der Waals surface area contributed by atoms with Crippen molar-refractivity contribution in [1.82, 2.24) is 5.32 Å². The van der Waals surface area contributed by atoms with Gasteiger partial charge >= 0.3 is 6.03 Å². The van der Waals surface area contributed by atoms with E-state index >= 15 is 0 Å². The lowest BCUT2D eigenvalue weighted by Crippen LogP contribution is -2.54. The lowest BCUT2D eigenvalue weighted by atomic mass is 10.1. The van der Waals surface area contributed by atoms with Gasteiger partial charge in [0.05, 0.1) is 12.8 Å². The molecule has 0 aromatic heterocycles. The van der Waals surface area contributed by atoms with Crippen molar-refractivity contribution in [1.29, 1.82) is 0 Å². The summed E-state index contributed by atoms with van der Waals surface area (Å²) in [6, 6.07) is 14.6. The monoisotopic (exact) mass is 602 g/mol. The maximum atomic E-state index is 13.6. The Balaban J connectivity index is 1.59. The van der Waals surface area contributed by atoms with E-state index in [-0.39, 0.29) is 17.9 Å². The first-order valence-corrected chi connectivity index (χ1v) is 11.8. The number of ether oxygens (including phenoxy) is 2. The van der Waals surface area contributed by atoms with Crippen LogP contribution in [-0.4, -0.2) is 25.0 Å². The van der Waals surface area contributed by atoms with Crippen LogP contribution >= 0.6 is 31.9 Å². The van der Waals surface area contributed by atoms with Crippen LogP contribution in [-0.2, 0) is 16.2 Å². The third kappa shape index (κ3) is 5.44. The first-order chi connectivity index (χ1) is 16.8. The molecule has 3 aromatic carbocycles. The van der Waals surface area contributed by atoms with Crippen molar-refractivity contribution in [3.63, 3.8) is 0 Å². The summed E-state index contributed by atoms with van der Waals surface area (Å²) in [5.74, 6) is -1.51. The molecule has 35 heavy (non-hydrogen) atoms. The van der Waals surface area contributed by atoms with E-state index in [9.17, 15) is 18.8 Å². The maximum Gasteiger partial charge on any atom is 0.335 e. The molecule has 1 fully saturated rings. The standard InChI is InChI=1S/C25H17Br2FN2O5/c1-34-22-10-14(5-8-21(22)35-13-15-6-7-16(26)11-20(15)27)9-19-23(31)29-25(33)30(24(19)32)18-4-2-3-17(28)12-18/h2-12H,13H2,1H3,(H,29,31,33)/b19-9+. The molecule has 0 spiro atoms. The number of methoxy groups -OCH3 is 1. The molecule has 0 atom stereocenters. The smallest absolute Gasteiger partial charge is 0.335 e. The molecule has 1 heterocycles. The Bertz CT molecular complexity index is 1380. The van der Waals surface area contributed by atoms with Crippen LogP contribution in [0.15, 0.2) is 75.2 Å². The fraction of sp³-hybridized carbons (Fsp3) is 0.0800. The van der Waals surface area contributed by atoms with Gasteiger partial charge in [0, 0.05) is 14.5 Å². The molecule has 10 heteroatoms. The quantitative estimate of drug-likeness (QED) is 0.293. The van der Waals surface area contributed by atoms with Crippen molar-refractivity contribution in [3.8, 4) is 11.5 Å². The molecule has 4 amide bonds. The summed E-state index contributed by atoms with van der Waals surface area (Å²) < 4.78 is 26.8. The molecule has 178 valence electrons. The maximum absolute atomic E-state index is 13.6. The molecule has 0 bridgehead atoms. The third-order valence-electron chi connectivity index (χ3n) is 5.07. The largest absolute Gasteiger partial charge is 0.493 e. The second-order valence-electron chi connectivity index (χ2n) is 7.37. The van der Waals surface area contributed by atoms with Crippen molar-refractivity contribution >= 4 is 61.5 Å². The van der Waals surface area contributed by atoms with Crippen LogP contribution in [0.25, 0.3) is 6.08 Å². The van der Waals surface area contributed by atoms with Gasteiger partial charge < -0.3 is 9.47 Å². The van der Waals surface area contributed by atoms with E-state index in [1.807, 2.05) is 18.2 Å². The molecule has 1 aliphatic heterocycles. The van der Waals surface area contributed by atoms with Gasteiger partial charge in [-0.2, -0.15) is 0 Å². The highest BCUT2D eigenvalue weighted by molar-refractivity contribution is 9.11. The molecule has 0 saturated carbocycles. The van der Waals surface area contributed by atoms with Gasteiger partial charge in [-0.3, -0.25) is 14.9 Å². The molecule has 1 N–H and O–H groups in total. The second kappa shape index (κ2) is 10.4. The summed E-state index contributed by atoms with van der Waals surface area (Å²) in [6.45, 7) is 0.274. The zero-order valence-corrected chi connectivity index (χ0v) is 21.4. The van der Waals surface area contributed by atoms with Crippen LogP contribution in [0.1, 0.15) is 11.1 Å². The molecular formula is C25H17Br2FN2O5. The number of nitrogens with one attached hydrogen (secondary N) is 1. The summed E-state index contributed by atoms with van der Waals surface area (Å²) in [7, 11) is 1.47. The molecule has 0 aliphatic carbocycles. The number of anilines is 1. The predicted molar refractivity (Wildman–Crippen MR) is 135 cm³/mol. The lowest BCUT2D eigenvalue weighted by Gasteiger charge is -2.26. The van der Waals surface area contributed by atoms with Crippen LogP contribution in [0, 0.1) is 5.82 Å². The molecular weight excluding hydrogens is 587 g/mol. The van der Waals surface area contributed by atoms with Gasteiger partial charge in [-0.15, -0.1) is 0 Å². The van der Waals surface area contributed by atoms with Crippen LogP contribution in [0.5, 0.6) is 11.5 Å². The molecule has 1 saturated heterocycles. The SMILES string of the molecule is COc1cc(/C=C2\C(=O)NC(=O)N(c3cccc(F)c3)C2=O)ccc1OCc1ccc(Br)cc1Br. The van der Waals surface area contributed by atoms with Crippen LogP contribution < -0.4 is 19.7 Å². The van der Waals surface area contributed by atoms with Crippen molar-refractivity contribution < 1.29 is 28.2 Å². The van der Waals surface area contributed by atoms with Crippen molar-refractivity contribution in [3.05, 3.63) is 92.1 Å². The number of amides is 4. The summed E-state index contributed by atoms with van der Waals surface area (Å²) in [4.78, 5) is 38.4. The highest BCUT2D eigenvalue weighted by Crippen LogP contribution is 2.31. The summed E-state index contributed by atoms with van der Waals surface area (Å²) >= 11 is 6.91. The van der Waals surface area contributed by atoms with Gasteiger partial charge in [0.25, 0.3) is 11.8 Å². The first kappa shape index (κ1) is 24.6. The summed E-state index contributed by atoms with van der Waals surface area (Å²) in [6.07, 6.45) is 1.33. The van der Waals surface area contributed by atoms with E-state index in [4.69, 9.17) is 9.47 Å².